The minimum absolute atomic E-state index is 0.0866. The van der Waals surface area contributed by atoms with Gasteiger partial charge in [-0.25, -0.2) is 22.0 Å². The van der Waals surface area contributed by atoms with Crippen molar-refractivity contribution < 1.29 is 22.0 Å². The molecule has 5 heteroatoms. The SMILES string of the molecule is C=CC(F)(F)CC(F)(F)C(C)F. The fourth-order valence-electron chi connectivity index (χ4n) is 0.527. The summed E-state index contributed by atoms with van der Waals surface area (Å²) in [6.45, 7) is 3.21. The van der Waals surface area contributed by atoms with Gasteiger partial charge < -0.3 is 0 Å². The number of hydrogen-bond donors (Lipinski definition) is 0. The number of hydrogen-bond acceptors (Lipinski definition) is 0. The van der Waals surface area contributed by atoms with Crippen LogP contribution in [0.15, 0.2) is 12.7 Å². The summed E-state index contributed by atoms with van der Waals surface area (Å²) in [7, 11) is 0. The summed E-state index contributed by atoms with van der Waals surface area (Å²) in [6, 6.07) is 0. The molecule has 0 radical (unpaired) electrons. The Morgan fingerprint density at radius 3 is 2.00 bits per heavy atom. The predicted molar refractivity (Wildman–Crippen MR) is 35.3 cm³/mol. The van der Waals surface area contributed by atoms with E-state index in [0.717, 1.165) is 0 Å². The number of alkyl halides is 5. The first kappa shape index (κ1) is 11.4. The van der Waals surface area contributed by atoms with E-state index in [1.165, 1.54) is 0 Å². The number of halogens is 5. The Morgan fingerprint density at radius 1 is 1.33 bits per heavy atom. The molecule has 0 N–H and O–H groups in total. The molecule has 0 aromatic rings. The molecular formula is C7H9F5. The van der Waals surface area contributed by atoms with Gasteiger partial charge in [0.05, 0.1) is 6.42 Å². The van der Waals surface area contributed by atoms with Crippen molar-refractivity contribution >= 4 is 0 Å². The fraction of sp³-hybridized carbons (Fsp3) is 0.714. The molecule has 0 amide bonds. The highest BCUT2D eigenvalue weighted by atomic mass is 19.3. The molecule has 0 bridgehead atoms. The molecule has 0 aliphatic carbocycles. The highest BCUT2D eigenvalue weighted by molar-refractivity contribution is 4.92. The van der Waals surface area contributed by atoms with Crippen LogP contribution in [0.5, 0.6) is 0 Å². The smallest absolute Gasteiger partial charge is 0.241 e. The lowest BCUT2D eigenvalue weighted by Crippen LogP contribution is -2.34. The van der Waals surface area contributed by atoms with Crippen LogP contribution in [-0.2, 0) is 0 Å². The number of rotatable bonds is 4. The zero-order valence-electron chi connectivity index (χ0n) is 6.46. The van der Waals surface area contributed by atoms with Gasteiger partial charge in [0, 0.05) is 0 Å². The van der Waals surface area contributed by atoms with Crippen molar-refractivity contribution in [1.82, 2.24) is 0 Å². The van der Waals surface area contributed by atoms with Crippen LogP contribution in [0.4, 0.5) is 22.0 Å². The molecule has 12 heavy (non-hydrogen) atoms. The third kappa shape index (κ3) is 3.19. The van der Waals surface area contributed by atoms with Gasteiger partial charge in [0.1, 0.15) is 0 Å². The van der Waals surface area contributed by atoms with E-state index in [1.54, 1.807) is 0 Å². The lowest BCUT2D eigenvalue weighted by Gasteiger charge is -2.21. The van der Waals surface area contributed by atoms with E-state index in [-0.39, 0.29) is 6.08 Å². The summed E-state index contributed by atoms with van der Waals surface area (Å²) >= 11 is 0. The first-order valence-electron chi connectivity index (χ1n) is 3.24. The fourth-order valence-corrected chi connectivity index (χ4v) is 0.527. The van der Waals surface area contributed by atoms with Crippen molar-refractivity contribution in [1.29, 1.82) is 0 Å². The van der Waals surface area contributed by atoms with Crippen LogP contribution in [0, 0.1) is 0 Å². The van der Waals surface area contributed by atoms with E-state index in [4.69, 9.17) is 0 Å². The van der Waals surface area contributed by atoms with Crippen LogP contribution in [0.25, 0.3) is 0 Å². The Labute approximate surface area is 67.1 Å². The van der Waals surface area contributed by atoms with E-state index in [2.05, 4.69) is 6.58 Å². The van der Waals surface area contributed by atoms with Crippen LogP contribution in [-0.4, -0.2) is 18.0 Å². The highest BCUT2D eigenvalue weighted by Crippen LogP contribution is 2.34. The predicted octanol–water partition coefficient (Wildman–Crippen LogP) is 3.19. The summed E-state index contributed by atoms with van der Waals surface area (Å²) in [5, 5.41) is 0. The average molecular weight is 188 g/mol. The van der Waals surface area contributed by atoms with Gasteiger partial charge in [0.25, 0.3) is 11.8 Å². The molecular weight excluding hydrogens is 179 g/mol. The molecule has 1 atom stereocenters. The van der Waals surface area contributed by atoms with Gasteiger partial charge in [-0.2, -0.15) is 0 Å². The molecule has 0 rings (SSSR count). The zero-order chi connectivity index (χ0) is 9.99. The Balaban J connectivity index is 4.33. The van der Waals surface area contributed by atoms with Crippen molar-refractivity contribution in [2.24, 2.45) is 0 Å². The zero-order valence-corrected chi connectivity index (χ0v) is 6.46. The first-order chi connectivity index (χ1) is 5.21. The second-order valence-electron chi connectivity index (χ2n) is 2.52. The van der Waals surface area contributed by atoms with E-state index >= 15 is 0 Å². The number of allylic oxidation sites excluding steroid dienone is 1. The van der Waals surface area contributed by atoms with Crippen molar-refractivity contribution in [3.05, 3.63) is 12.7 Å². The van der Waals surface area contributed by atoms with Crippen LogP contribution in [0.3, 0.4) is 0 Å². The van der Waals surface area contributed by atoms with Crippen molar-refractivity contribution in [2.75, 3.05) is 0 Å². The molecule has 72 valence electrons. The largest absolute Gasteiger partial charge is 0.284 e. The Hall–Kier alpha value is -0.610. The van der Waals surface area contributed by atoms with Gasteiger partial charge in [-0.1, -0.05) is 6.58 Å². The quantitative estimate of drug-likeness (QED) is 0.469. The van der Waals surface area contributed by atoms with Gasteiger partial charge in [-0.05, 0) is 13.0 Å². The second-order valence-corrected chi connectivity index (χ2v) is 2.52. The summed E-state index contributed by atoms with van der Waals surface area (Å²) in [6.07, 6.45) is -4.33. The minimum atomic E-state index is -4.00. The molecule has 0 aromatic carbocycles. The summed E-state index contributed by atoms with van der Waals surface area (Å²) in [5.74, 6) is -7.72. The van der Waals surface area contributed by atoms with Crippen molar-refractivity contribution in [2.45, 2.75) is 31.4 Å². The van der Waals surface area contributed by atoms with Gasteiger partial charge in [-0.15, -0.1) is 0 Å². The summed E-state index contributed by atoms with van der Waals surface area (Å²) in [4.78, 5) is 0. The Kier molecular flexibility index (Phi) is 3.24. The Morgan fingerprint density at radius 2 is 1.75 bits per heavy atom. The molecule has 1 unspecified atom stereocenters. The standard InChI is InChI=1S/C7H9F5/c1-3-6(9,10)4-7(11,12)5(2)8/h3,5H,1,4H2,2H3. The third-order valence-electron chi connectivity index (χ3n) is 1.35. The van der Waals surface area contributed by atoms with Gasteiger partial charge in [0.15, 0.2) is 6.17 Å². The second kappa shape index (κ2) is 3.41. The molecule has 0 saturated carbocycles. The van der Waals surface area contributed by atoms with Crippen LogP contribution in [0.2, 0.25) is 0 Å². The van der Waals surface area contributed by atoms with Crippen LogP contribution in [0.1, 0.15) is 13.3 Å². The first-order valence-corrected chi connectivity index (χ1v) is 3.24. The molecule has 0 saturated heterocycles. The molecule has 0 spiro atoms. The Bertz CT molecular complexity index is 161. The van der Waals surface area contributed by atoms with Gasteiger partial charge in [0.2, 0.25) is 0 Å². The maximum atomic E-state index is 12.3. The van der Waals surface area contributed by atoms with Crippen LogP contribution < -0.4 is 0 Å². The van der Waals surface area contributed by atoms with Gasteiger partial charge in [-0.3, -0.25) is 0 Å². The molecule has 0 nitrogen and oxygen atoms in total. The molecule has 0 aliphatic rings. The molecule has 0 fully saturated rings. The summed E-state index contributed by atoms with van der Waals surface area (Å²) in [5.41, 5.74) is 0. The topological polar surface area (TPSA) is 0 Å². The average Bonchev–Trinajstić information content (AvgIpc) is 1.85. The maximum absolute atomic E-state index is 12.3. The lowest BCUT2D eigenvalue weighted by atomic mass is 10.1. The third-order valence-corrected chi connectivity index (χ3v) is 1.35. The van der Waals surface area contributed by atoms with E-state index in [1.807, 2.05) is 0 Å². The monoisotopic (exact) mass is 188 g/mol. The maximum Gasteiger partial charge on any atom is 0.284 e. The van der Waals surface area contributed by atoms with E-state index in [0.29, 0.717) is 6.92 Å². The van der Waals surface area contributed by atoms with E-state index in [9.17, 15) is 22.0 Å². The molecule has 0 heterocycles. The van der Waals surface area contributed by atoms with Crippen LogP contribution >= 0.6 is 0 Å². The highest BCUT2D eigenvalue weighted by Gasteiger charge is 2.45. The summed E-state index contributed by atoms with van der Waals surface area (Å²) < 4.78 is 61.2. The lowest BCUT2D eigenvalue weighted by molar-refractivity contribution is -0.124. The van der Waals surface area contributed by atoms with Gasteiger partial charge >= 0.3 is 0 Å². The molecule has 0 aliphatic heterocycles. The minimum Gasteiger partial charge on any atom is -0.241 e. The van der Waals surface area contributed by atoms with Crippen molar-refractivity contribution in [3.63, 3.8) is 0 Å². The van der Waals surface area contributed by atoms with E-state index < -0.39 is 24.4 Å². The normalized spacial score (nSPS) is 15.8. The molecule has 0 aromatic heterocycles. The van der Waals surface area contributed by atoms with Crippen molar-refractivity contribution in [3.8, 4) is 0 Å².